The minimum atomic E-state index is -0.735. The molecule has 0 radical (unpaired) electrons. The molecule has 0 aromatic carbocycles. The van der Waals surface area contributed by atoms with Crippen molar-refractivity contribution in [2.24, 2.45) is 5.41 Å². The lowest BCUT2D eigenvalue weighted by Gasteiger charge is -2.37. The van der Waals surface area contributed by atoms with E-state index >= 15 is 0 Å². The molecule has 3 atom stereocenters. The van der Waals surface area contributed by atoms with Crippen LogP contribution in [0, 0.1) is 5.41 Å². The summed E-state index contributed by atoms with van der Waals surface area (Å²) in [5, 5.41) is 0.182. The molecule has 3 heteroatoms. The van der Waals surface area contributed by atoms with E-state index < -0.39 is 10.8 Å². The molecule has 1 fully saturated rings. The van der Waals surface area contributed by atoms with Crippen molar-refractivity contribution in [2.45, 2.75) is 31.6 Å². The molecule has 0 aromatic rings. The highest BCUT2D eigenvalue weighted by Crippen LogP contribution is 2.33. The predicted octanol–water partition coefficient (Wildman–Crippen LogP) is 2.04. The Morgan fingerprint density at radius 3 is 2.67 bits per heavy atom. The van der Waals surface area contributed by atoms with Crippen LogP contribution in [0.2, 0.25) is 0 Å². The maximum Gasteiger partial charge on any atom is 0.0813 e. The minimum absolute atomic E-state index is 0.0615. The number of ether oxygens (including phenoxy) is 1. The van der Waals surface area contributed by atoms with Crippen LogP contribution in [0.3, 0.4) is 0 Å². The first-order valence-electron chi connectivity index (χ1n) is 5.46. The van der Waals surface area contributed by atoms with E-state index in [9.17, 15) is 4.21 Å². The Labute approximate surface area is 93.9 Å². The largest absolute Gasteiger partial charge is 0.375 e. The van der Waals surface area contributed by atoms with Gasteiger partial charge in [-0.25, -0.2) is 0 Å². The van der Waals surface area contributed by atoms with Gasteiger partial charge in [-0.1, -0.05) is 31.2 Å². The van der Waals surface area contributed by atoms with Gasteiger partial charge in [-0.05, 0) is 13.3 Å². The molecule has 1 aliphatic heterocycles. The van der Waals surface area contributed by atoms with Crippen LogP contribution in [0.15, 0.2) is 24.3 Å². The fourth-order valence-electron chi connectivity index (χ4n) is 2.04. The smallest absolute Gasteiger partial charge is 0.0813 e. The monoisotopic (exact) mass is 226 g/mol. The van der Waals surface area contributed by atoms with Crippen molar-refractivity contribution in [3.63, 3.8) is 0 Å². The summed E-state index contributed by atoms with van der Waals surface area (Å²) in [7, 11) is -0.735. The maximum atomic E-state index is 11.8. The molecule has 1 aliphatic carbocycles. The van der Waals surface area contributed by atoms with Gasteiger partial charge in [0.05, 0.1) is 23.7 Å². The molecule has 1 heterocycles. The quantitative estimate of drug-likeness (QED) is 0.640. The van der Waals surface area contributed by atoms with Crippen LogP contribution in [0.4, 0.5) is 0 Å². The van der Waals surface area contributed by atoms with Gasteiger partial charge in [-0.3, -0.25) is 4.21 Å². The molecular formula is C12H18O2S. The molecule has 0 aromatic heterocycles. The summed E-state index contributed by atoms with van der Waals surface area (Å²) < 4.78 is 17.6. The third-order valence-electron chi connectivity index (χ3n) is 3.22. The van der Waals surface area contributed by atoms with Crippen LogP contribution in [-0.4, -0.2) is 27.9 Å². The summed E-state index contributed by atoms with van der Waals surface area (Å²) in [4.78, 5) is 0. The Hall–Kier alpha value is -0.410. The summed E-state index contributed by atoms with van der Waals surface area (Å²) in [6.07, 6.45) is 9.76. The van der Waals surface area contributed by atoms with E-state index in [0.29, 0.717) is 12.4 Å². The highest BCUT2D eigenvalue weighted by atomic mass is 32.2. The first kappa shape index (κ1) is 11.1. The van der Waals surface area contributed by atoms with Crippen LogP contribution in [0.5, 0.6) is 0 Å². The average Bonchev–Trinajstić information content (AvgIpc) is 2.23. The topological polar surface area (TPSA) is 26.3 Å². The van der Waals surface area contributed by atoms with Gasteiger partial charge in [-0.2, -0.15) is 0 Å². The van der Waals surface area contributed by atoms with Crippen molar-refractivity contribution >= 4 is 10.8 Å². The fraction of sp³-hybridized carbons (Fsp3) is 0.667. The summed E-state index contributed by atoms with van der Waals surface area (Å²) >= 11 is 0. The standard InChI is InChI=1S/C12H18O2S/c1-10-8-14-11(9-15(10)13)12(2)6-4-3-5-7-12/h4-7,10-11H,3,8-9H2,1-2H3/t10-,11?,15+/m1/s1. The highest BCUT2D eigenvalue weighted by Gasteiger charge is 2.36. The zero-order valence-corrected chi connectivity index (χ0v) is 10.1. The van der Waals surface area contributed by atoms with E-state index in [-0.39, 0.29) is 16.8 Å². The molecule has 0 amide bonds. The minimum Gasteiger partial charge on any atom is -0.375 e. The van der Waals surface area contributed by atoms with Crippen LogP contribution in [0.25, 0.3) is 0 Å². The van der Waals surface area contributed by atoms with Gasteiger partial charge in [-0.15, -0.1) is 0 Å². The highest BCUT2D eigenvalue weighted by molar-refractivity contribution is 7.85. The van der Waals surface area contributed by atoms with E-state index in [1.807, 2.05) is 6.92 Å². The van der Waals surface area contributed by atoms with Crippen LogP contribution < -0.4 is 0 Å². The second-order valence-corrected chi connectivity index (χ2v) is 6.49. The Kier molecular flexibility index (Phi) is 3.12. The van der Waals surface area contributed by atoms with E-state index in [1.54, 1.807) is 0 Å². The Morgan fingerprint density at radius 2 is 2.07 bits per heavy atom. The zero-order valence-electron chi connectivity index (χ0n) is 9.31. The molecule has 2 nitrogen and oxygen atoms in total. The lowest BCUT2D eigenvalue weighted by atomic mass is 9.81. The summed E-state index contributed by atoms with van der Waals surface area (Å²) in [5.74, 6) is 0.659. The summed E-state index contributed by atoms with van der Waals surface area (Å²) in [5.41, 5.74) is -0.0615. The molecule has 0 bridgehead atoms. The van der Waals surface area contributed by atoms with Crippen LogP contribution in [-0.2, 0) is 15.5 Å². The maximum absolute atomic E-state index is 11.8. The third-order valence-corrected chi connectivity index (χ3v) is 4.88. The van der Waals surface area contributed by atoms with Crippen molar-refractivity contribution < 1.29 is 8.95 Å². The summed E-state index contributed by atoms with van der Waals surface area (Å²) in [6.45, 7) is 4.76. The van der Waals surface area contributed by atoms with Crippen molar-refractivity contribution in [2.75, 3.05) is 12.4 Å². The van der Waals surface area contributed by atoms with Gasteiger partial charge in [0.2, 0.25) is 0 Å². The molecule has 0 N–H and O–H groups in total. The van der Waals surface area contributed by atoms with E-state index in [0.717, 1.165) is 6.42 Å². The predicted molar refractivity (Wildman–Crippen MR) is 63.2 cm³/mol. The van der Waals surface area contributed by atoms with E-state index in [4.69, 9.17) is 4.74 Å². The van der Waals surface area contributed by atoms with Gasteiger partial charge in [0.15, 0.2) is 0 Å². The molecule has 84 valence electrons. The van der Waals surface area contributed by atoms with E-state index in [1.165, 1.54) is 0 Å². The third kappa shape index (κ3) is 2.23. The normalized spacial score (nSPS) is 39.2. The number of hydrogen-bond acceptors (Lipinski definition) is 2. The number of allylic oxidation sites excluding steroid dienone is 2. The lowest BCUT2D eigenvalue weighted by Crippen LogP contribution is -2.44. The molecule has 0 spiro atoms. The Balaban J connectivity index is 2.11. The van der Waals surface area contributed by atoms with Crippen molar-refractivity contribution in [3.05, 3.63) is 24.3 Å². The molecule has 2 aliphatic rings. The van der Waals surface area contributed by atoms with Gasteiger partial charge in [0.25, 0.3) is 0 Å². The molecule has 2 rings (SSSR count). The van der Waals surface area contributed by atoms with Crippen molar-refractivity contribution in [3.8, 4) is 0 Å². The van der Waals surface area contributed by atoms with E-state index in [2.05, 4.69) is 31.2 Å². The Bertz CT molecular complexity index is 308. The van der Waals surface area contributed by atoms with Crippen LogP contribution >= 0.6 is 0 Å². The SMILES string of the molecule is C[C@@H]1COC(C2(C)C=CCC=C2)C[S@@]1=O. The first-order valence-corrected chi connectivity index (χ1v) is 6.84. The second-order valence-electron chi connectivity index (χ2n) is 4.59. The lowest BCUT2D eigenvalue weighted by molar-refractivity contribution is 0.0151. The fourth-order valence-corrected chi connectivity index (χ4v) is 3.35. The molecule has 1 unspecified atom stereocenters. The molecule has 1 saturated heterocycles. The molecular weight excluding hydrogens is 208 g/mol. The van der Waals surface area contributed by atoms with Gasteiger partial charge >= 0.3 is 0 Å². The Morgan fingerprint density at radius 1 is 1.40 bits per heavy atom. The number of hydrogen-bond donors (Lipinski definition) is 0. The number of rotatable bonds is 1. The first-order chi connectivity index (χ1) is 7.12. The van der Waals surface area contributed by atoms with Crippen LogP contribution in [0.1, 0.15) is 20.3 Å². The molecule has 0 saturated carbocycles. The summed E-state index contributed by atoms with van der Waals surface area (Å²) in [6, 6.07) is 0. The second kappa shape index (κ2) is 4.22. The zero-order chi connectivity index (χ0) is 10.9. The van der Waals surface area contributed by atoms with Gasteiger partial charge in [0.1, 0.15) is 0 Å². The van der Waals surface area contributed by atoms with Gasteiger partial charge in [0, 0.05) is 16.2 Å². The van der Waals surface area contributed by atoms with Gasteiger partial charge < -0.3 is 4.74 Å². The van der Waals surface area contributed by atoms with Crippen molar-refractivity contribution in [1.82, 2.24) is 0 Å². The molecule has 15 heavy (non-hydrogen) atoms. The van der Waals surface area contributed by atoms with Crippen molar-refractivity contribution in [1.29, 1.82) is 0 Å². The average molecular weight is 226 g/mol.